The van der Waals surface area contributed by atoms with E-state index in [9.17, 15) is 4.79 Å². The van der Waals surface area contributed by atoms with Crippen molar-refractivity contribution in [2.24, 2.45) is 0 Å². The molecule has 0 aliphatic carbocycles. The molecule has 0 spiro atoms. The number of nitrogens with zero attached hydrogens (tertiary/aromatic N) is 1. The van der Waals surface area contributed by atoms with Crippen LogP contribution in [0.1, 0.15) is 27.0 Å². The Kier molecular flexibility index (Phi) is 3.95. The molecule has 3 rings (SSSR count). The highest BCUT2D eigenvalue weighted by atomic mass is 35.5. The third-order valence-corrected chi connectivity index (χ3v) is 4.21. The van der Waals surface area contributed by atoms with Crippen LogP contribution in [0.15, 0.2) is 42.5 Å². The van der Waals surface area contributed by atoms with Crippen molar-refractivity contribution in [3.8, 4) is 0 Å². The Hall–Kier alpha value is -1.84. The number of carboxylic acids is 1. The Labute approximate surface area is 128 Å². The number of rotatable bonds is 3. The second-order valence-electron chi connectivity index (χ2n) is 5.35. The average molecular weight is 302 g/mol. The van der Waals surface area contributed by atoms with Gasteiger partial charge in [-0.05, 0) is 35.2 Å². The van der Waals surface area contributed by atoms with Gasteiger partial charge < -0.3 is 5.11 Å². The number of carbonyl (C=O) groups is 1. The van der Waals surface area contributed by atoms with E-state index in [1.165, 1.54) is 11.1 Å². The zero-order valence-electron chi connectivity index (χ0n) is 11.6. The minimum atomic E-state index is -0.981. The van der Waals surface area contributed by atoms with Crippen molar-refractivity contribution in [3.63, 3.8) is 0 Å². The third kappa shape index (κ3) is 3.09. The first-order chi connectivity index (χ1) is 10.1. The molecule has 1 N–H and O–H groups in total. The number of halogens is 1. The van der Waals surface area contributed by atoms with Crippen LogP contribution in [0.5, 0.6) is 0 Å². The second kappa shape index (κ2) is 5.88. The molecule has 108 valence electrons. The number of fused-ring (bicyclic) bond motifs is 1. The van der Waals surface area contributed by atoms with Crippen LogP contribution < -0.4 is 0 Å². The average Bonchev–Trinajstić information content (AvgIpc) is 2.49. The lowest BCUT2D eigenvalue weighted by Crippen LogP contribution is -2.30. The van der Waals surface area contributed by atoms with Crippen molar-refractivity contribution in [1.82, 2.24) is 4.90 Å². The highest BCUT2D eigenvalue weighted by molar-refractivity contribution is 6.33. The summed E-state index contributed by atoms with van der Waals surface area (Å²) >= 11 is 5.91. The summed E-state index contributed by atoms with van der Waals surface area (Å²) in [5.41, 5.74) is 3.93. The summed E-state index contributed by atoms with van der Waals surface area (Å²) in [4.78, 5) is 13.5. The Balaban J connectivity index is 1.76. The van der Waals surface area contributed by atoms with E-state index < -0.39 is 5.97 Å². The van der Waals surface area contributed by atoms with Gasteiger partial charge in [0.25, 0.3) is 0 Å². The first-order valence-electron chi connectivity index (χ1n) is 6.94. The lowest BCUT2D eigenvalue weighted by atomic mass is 9.99. The van der Waals surface area contributed by atoms with E-state index in [2.05, 4.69) is 29.2 Å². The molecule has 0 radical (unpaired) electrons. The minimum Gasteiger partial charge on any atom is -0.478 e. The molecule has 3 nitrogen and oxygen atoms in total. The molecule has 0 saturated carbocycles. The van der Waals surface area contributed by atoms with Gasteiger partial charge in [0.15, 0.2) is 0 Å². The maximum Gasteiger partial charge on any atom is 0.337 e. The lowest BCUT2D eigenvalue weighted by Gasteiger charge is -2.28. The van der Waals surface area contributed by atoms with Crippen LogP contribution in [-0.4, -0.2) is 22.5 Å². The second-order valence-corrected chi connectivity index (χ2v) is 5.76. The predicted octanol–water partition coefficient (Wildman–Crippen LogP) is 3.60. The summed E-state index contributed by atoms with van der Waals surface area (Å²) < 4.78 is 0. The van der Waals surface area contributed by atoms with Crippen LogP contribution in [0, 0.1) is 0 Å². The zero-order valence-corrected chi connectivity index (χ0v) is 12.3. The van der Waals surface area contributed by atoms with E-state index >= 15 is 0 Å². The lowest BCUT2D eigenvalue weighted by molar-refractivity contribution is 0.0697. The number of aromatic carboxylic acids is 1. The SMILES string of the molecule is O=C(O)c1cc(CN2CCc3ccccc3C2)ccc1Cl. The summed E-state index contributed by atoms with van der Waals surface area (Å²) in [6, 6.07) is 13.7. The van der Waals surface area contributed by atoms with Gasteiger partial charge in [-0.15, -0.1) is 0 Å². The molecule has 0 unspecified atom stereocenters. The van der Waals surface area contributed by atoms with E-state index in [1.54, 1.807) is 12.1 Å². The number of hydrogen-bond donors (Lipinski definition) is 1. The van der Waals surface area contributed by atoms with Crippen molar-refractivity contribution in [3.05, 3.63) is 69.7 Å². The molecule has 0 aromatic heterocycles. The van der Waals surface area contributed by atoms with Gasteiger partial charge in [0.05, 0.1) is 10.6 Å². The highest BCUT2D eigenvalue weighted by Crippen LogP contribution is 2.22. The summed E-state index contributed by atoms with van der Waals surface area (Å²) in [6.07, 6.45) is 1.04. The van der Waals surface area contributed by atoms with Crippen molar-refractivity contribution < 1.29 is 9.90 Å². The van der Waals surface area contributed by atoms with Gasteiger partial charge in [-0.1, -0.05) is 41.9 Å². The van der Waals surface area contributed by atoms with E-state index in [1.807, 2.05) is 6.07 Å². The molecule has 21 heavy (non-hydrogen) atoms. The summed E-state index contributed by atoms with van der Waals surface area (Å²) in [7, 11) is 0. The maximum atomic E-state index is 11.1. The van der Waals surface area contributed by atoms with Gasteiger partial charge >= 0.3 is 5.97 Å². The zero-order chi connectivity index (χ0) is 14.8. The first-order valence-corrected chi connectivity index (χ1v) is 7.32. The fourth-order valence-electron chi connectivity index (χ4n) is 2.78. The molecule has 0 amide bonds. The van der Waals surface area contributed by atoms with E-state index in [-0.39, 0.29) is 10.6 Å². The molecule has 1 heterocycles. The van der Waals surface area contributed by atoms with Crippen molar-refractivity contribution in [2.75, 3.05) is 6.54 Å². The van der Waals surface area contributed by atoms with Gasteiger partial charge in [0, 0.05) is 19.6 Å². The topological polar surface area (TPSA) is 40.5 Å². The van der Waals surface area contributed by atoms with Gasteiger partial charge in [0.1, 0.15) is 0 Å². The minimum absolute atomic E-state index is 0.173. The third-order valence-electron chi connectivity index (χ3n) is 3.88. The van der Waals surface area contributed by atoms with Crippen LogP contribution in [0.2, 0.25) is 5.02 Å². The highest BCUT2D eigenvalue weighted by Gasteiger charge is 2.17. The smallest absolute Gasteiger partial charge is 0.337 e. The Morgan fingerprint density at radius 3 is 2.71 bits per heavy atom. The van der Waals surface area contributed by atoms with E-state index in [0.29, 0.717) is 0 Å². The standard InChI is InChI=1S/C17H16ClNO2/c18-16-6-5-12(9-15(16)17(20)21)10-19-8-7-13-3-1-2-4-14(13)11-19/h1-6,9H,7-8,10-11H2,(H,20,21). The molecule has 2 aromatic carbocycles. The number of hydrogen-bond acceptors (Lipinski definition) is 2. The van der Waals surface area contributed by atoms with Crippen molar-refractivity contribution in [2.45, 2.75) is 19.5 Å². The van der Waals surface area contributed by atoms with Gasteiger partial charge in [-0.2, -0.15) is 0 Å². The predicted molar refractivity (Wildman–Crippen MR) is 82.7 cm³/mol. The van der Waals surface area contributed by atoms with Crippen LogP contribution >= 0.6 is 11.6 Å². The molecule has 4 heteroatoms. The molecule has 2 aromatic rings. The molecule has 1 aliphatic rings. The van der Waals surface area contributed by atoms with Gasteiger partial charge in [0.2, 0.25) is 0 Å². The van der Waals surface area contributed by atoms with Gasteiger partial charge in [-0.3, -0.25) is 4.90 Å². The normalized spacial score (nSPS) is 14.7. The quantitative estimate of drug-likeness (QED) is 0.942. The summed E-state index contributed by atoms with van der Waals surface area (Å²) in [5, 5.41) is 9.42. The van der Waals surface area contributed by atoms with E-state index in [0.717, 1.165) is 31.6 Å². The Morgan fingerprint density at radius 1 is 1.19 bits per heavy atom. The van der Waals surface area contributed by atoms with Crippen LogP contribution in [-0.2, 0) is 19.5 Å². The maximum absolute atomic E-state index is 11.1. The molecular weight excluding hydrogens is 286 g/mol. The Bertz CT molecular complexity index is 684. The Morgan fingerprint density at radius 2 is 1.95 bits per heavy atom. The van der Waals surface area contributed by atoms with Crippen molar-refractivity contribution >= 4 is 17.6 Å². The van der Waals surface area contributed by atoms with Crippen LogP contribution in [0.3, 0.4) is 0 Å². The largest absolute Gasteiger partial charge is 0.478 e. The van der Waals surface area contributed by atoms with Crippen LogP contribution in [0.25, 0.3) is 0 Å². The molecule has 0 atom stereocenters. The van der Waals surface area contributed by atoms with Crippen molar-refractivity contribution in [1.29, 1.82) is 0 Å². The van der Waals surface area contributed by atoms with Gasteiger partial charge in [-0.25, -0.2) is 4.79 Å². The summed E-state index contributed by atoms with van der Waals surface area (Å²) in [6.45, 7) is 2.63. The fourth-order valence-corrected chi connectivity index (χ4v) is 2.98. The summed E-state index contributed by atoms with van der Waals surface area (Å²) in [5.74, 6) is -0.981. The molecule has 0 saturated heterocycles. The van der Waals surface area contributed by atoms with E-state index in [4.69, 9.17) is 16.7 Å². The molecule has 1 aliphatic heterocycles. The molecular formula is C17H16ClNO2. The monoisotopic (exact) mass is 301 g/mol. The first kappa shape index (κ1) is 14.1. The number of carboxylic acid groups (broad SMARTS) is 1. The molecule has 0 bridgehead atoms. The fraction of sp³-hybridized carbons (Fsp3) is 0.235. The molecule has 0 fully saturated rings. The number of benzene rings is 2. The van der Waals surface area contributed by atoms with Crippen LogP contribution in [0.4, 0.5) is 0 Å².